The van der Waals surface area contributed by atoms with Crippen LogP contribution in [0, 0.1) is 11.6 Å². The lowest BCUT2D eigenvalue weighted by Crippen LogP contribution is -2.47. The molecule has 5 rings (SSSR count). The molecule has 0 radical (unpaired) electrons. The molecule has 1 aliphatic rings. The second kappa shape index (κ2) is 10.9. The smallest absolute Gasteiger partial charge is 0.247 e. The Morgan fingerprint density at radius 2 is 1.97 bits per heavy atom. The number of rotatable bonds is 8. The number of carbonyl (C=O) groups is 1. The van der Waals surface area contributed by atoms with Crippen LogP contribution >= 0.6 is 0 Å². The summed E-state index contributed by atoms with van der Waals surface area (Å²) in [4.78, 5) is 24.2. The lowest BCUT2D eigenvalue weighted by Gasteiger charge is -2.36. The van der Waals surface area contributed by atoms with Crippen LogP contribution in [0.4, 0.5) is 31.8 Å². The molecule has 1 fully saturated rings. The highest BCUT2D eigenvalue weighted by molar-refractivity contribution is 5.99. The highest BCUT2D eigenvalue weighted by atomic mass is 19.2. The number of amides is 1. The number of fused-ring (bicyclic) bond motifs is 1. The SMILES string of the molecule is C=CC(=O)Nc1cccc(-c2n[nH]c3cnc(Nc4ccc(N5CCN(CCO)CC5)c(F)c4F)nc23)c1. The number of hydrogen-bond donors (Lipinski definition) is 4. The van der Waals surface area contributed by atoms with Crippen molar-refractivity contribution in [2.24, 2.45) is 0 Å². The quantitative estimate of drug-likeness (QED) is 0.261. The molecule has 2 aromatic carbocycles. The number of benzene rings is 2. The summed E-state index contributed by atoms with van der Waals surface area (Å²) in [6, 6.07) is 10.0. The van der Waals surface area contributed by atoms with Crippen molar-refractivity contribution in [3.8, 4) is 11.3 Å². The molecule has 12 heteroatoms. The summed E-state index contributed by atoms with van der Waals surface area (Å²) < 4.78 is 30.1. The minimum atomic E-state index is -1.03. The molecule has 196 valence electrons. The molecule has 0 bridgehead atoms. The van der Waals surface area contributed by atoms with Gasteiger partial charge in [0.2, 0.25) is 11.9 Å². The van der Waals surface area contributed by atoms with Crippen molar-refractivity contribution in [3.63, 3.8) is 0 Å². The van der Waals surface area contributed by atoms with E-state index in [4.69, 9.17) is 5.11 Å². The summed E-state index contributed by atoms with van der Waals surface area (Å²) in [5.74, 6) is -2.25. The average molecular weight is 521 g/mol. The monoisotopic (exact) mass is 520 g/mol. The van der Waals surface area contributed by atoms with Crippen molar-refractivity contribution in [2.45, 2.75) is 0 Å². The van der Waals surface area contributed by atoms with E-state index in [-0.39, 0.29) is 29.8 Å². The first-order valence-electron chi connectivity index (χ1n) is 12.0. The van der Waals surface area contributed by atoms with E-state index in [1.165, 1.54) is 24.4 Å². The van der Waals surface area contributed by atoms with Crippen LogP contribution in [0.2, 0.25) is 0 Å². The van der Waals surface area contributed by atoms with E-state index in [1.54, 1.807) is 23.1 Å². The molecule has 0 spiro atoms. The zero-order valence-corrected chi connectivity index (χ0v) is 20.4. The van der Waals surface area contributed by atoms with Crippen molar-refractivity contribution in [2.75, 3.05) is 54.9 Å². The number of carbonyl (C=O) groups excluding carboxylic acids is 1. The van der Waals surface area contributed by atoms with E-state index in [0.717, 1.165) is 0 Å². The molecule has 2 aromatic heterocycles. The summed E-state index contributed by atoms with van der Waals surface area (Å²) >= 11 is 0. The Balaban J connectivity index is 1.37. The Hall–Kier alpha value is -4.42. The van der Waals surface area contributed by atoms with Gasteiger partial charge in [-0.05, 0) is 30.3 Å². The van der Waals surface area contributed by atoms with Gasteiger partial charge in [-0.25, -0.2) is 18.7 Å². The van der Waals surface area contributed by atoms with E-state index in [1.807, 2.05) is 6.07 Å². The Morgan fingerprint density at radius 1 is 1.16 bits per heavy atom. The summed E-state index contributed by atoms with van der Waals surface area (Å²) in [7, 11) is 0. The van der Waals surface area contributed by atoms with Gasteiger partial charge in [-0.3, -0.25) is 14.8 Å². The van der Waals surface area contributed by atoms with Gasteiger partial charge >= 0.3 is 0 Å². The van der Waals surface area contributed by atoms with Gasteiger partial charge < -0.3 is 20.6 Å². The highest BCUT2D eigenvalue weighted by Crippen LogP contribution is 2.31. The number of anilines is 4. The molecule has 0 saturated carbocycles. The molecule has 38 heavy (non-hydrogen) atoms. The first-order valence-corrected chi connectivity index (χ1v) is 12.0. The van der Waals surface area contributed by atoms with Crippen molar-refractivity contribution in [1.29, 1.82) is 0 Å². The number of H-pyrrole nitrogens is 1. The molecule has 3 heterocycles. The fourth-order valence-electron chi connectivity index (χ4n) is 4.37. The van der Waals surface area contributed by atoms with Gasteiger partial charge in [0, 0.05) is 44.0 Å². The number of nitrogens with zero attached hydrogens (tertiary/aromatic N) is 5. The Labute approximate surface area is 217 Å². The first kappa shape index (κ1) is 25.2. The van der Waals surface area contributed by atoms with Crippen LogP contribution in [0.3, 0.4) is 0 Å². The molecule has 0 unspecified atom stereocenters. The summed E-state index contributed by atoms with van der Waals surface area (Å²) in [6.07, 6.45) is 2.68. The number of β-amino-alcohol motifs (C(OH)–C–C–N with tert-alkyl or cyclic N) is 1. The average Bonchev–Trinajstić information content (AvgIpc) is 3.36. The standard InChI is InChI=1S/C26H26F2N8O2/c1-2-21(38)30-17-5-3-4-16(14-17)24-25-19(33-34-24)15-29-26(32-25)31-18-6-7-20(23(28)22(18)27)36-10-8-35(9-11-36)12-13-37/h2-7,14-15,37H,1,8-13H2,(H,30,38)(H,33,34)(H,29,31,32). The van der Waals surface area contributed by atoms with Crippen LogP contribution in [0.5, 0.6) is 0 Å². The van der Waals surface area contributed by atoms with Gasteiger partial charge in [0.1, 0.15) is 16.7 Å². The molecule has 1 aliphatic heterocycles. The topological polar surface area (TPSA) is 122 Å². The highest BCUT2D eigenvalue weighted by Gasteiger charge is 2.23. The van der Waals surface area contributed by atoms with E-state index in [2.05, 4.69) is 42.3 Å². The second-order valence-electron chi connectivity index (χ2n) is 8.74. The van der Waals surface area contributed by atoms with Crippen LogP contribution < -0.4 is 15.5 Å². The third-order valence-electron chi connectivity index (χ3n) is 6.33. The predicted octanol–water partition coefficient (Wildman–Crippen LogP) is 3.28. The Bertz CT molecular complexity index is 1480. The van der Waals surface area contributed by atoms with E-state index in [0.29, 0.717) is 60.7 Å². The lowest BCUT2D eigenvalue weighted by atomic mass is 10.1. The first-order chi connectivity index (χ1) is 18.5. The maximum atomic E-state index is 15.1. The number of aliphatic hydroxyl groups is 1. The lowest BCUT2D eigenvalue weighted by molar-refractivity contribution is -0.111. The molecule has 4 aromatic rings. The van der Waals surface area contributed by atoms with Gasteiger partial charge in [-0.1, -0.05) is 18.7 Å². The van der Waals surface area contributed by atoms with Crippen LogP contribution in [0.1, 0.15) is 0 Å². The number of aromatic amines is 1. The number of piperazine rings is 1. The van der Waals surface area contributed by atoms with Crippen molar-refractivity contribution < 1.29 is 18.7 Å². The minimum absolute atomic E-state index is 0.0673. The molecule has 1 saturated heterocycles. The van der Waals surface area contributed by atoms with Gasteiger partial charge in [0.05, 0.1) is 24.2 Å². The zero-order chi connectivity index (χ0) is 26.6. The molecule has 1 amide bonds. The normalized spacial score (nSPS) is 14.0. The number of hydrogen-bond acceptors (Lipinski definition) is 8. The van der Waals surface area contributed by atoms with Gasteiger partial charge in [0.15, 0.2) is 11.6 Å². The molecule has 0 aliphatic carbocycles. The number of halogens is 2. The molecule has 4 N–H and O–H groups in total. The predicted molar refractivity (Wildman–Crippen MR) is 141 cm³/mol. The van der Waals surface area contributed by atoms with E-state index in [9.17, 15) is 4.79 Å². The fraction of sp³-hybridized carbons (Fsp3) is 0.231. The zero-order valence-electron chi connectivity index (χ0n) is 20.4. The maximum Gasteiger partial charge on any atom is 0.247 e. The van der Waals surface area contributed by atoms with Crippen LogP contribution in [0.15, 0.2) is 55.3 Å². The molecular weight excluding hydrogens is 494 g/mol. The third kappa shape index (κ3) is 5.17. The van der Waals surface area contributed by atoms with Crippen molar-refractivity contribution in [3.05, 3.63) is 66.9 Å². The van der Waals surface area contributed by atoms with Crippen LogP contribution in [-0.2, 0) is 4.79 Å². The van der Waals surface area contributed by atoms with Gasteiger partial charge in [0.25, 0.3) is 0 Å². The van der Waals surface area contributed by atoms with Crippen molar-refractivity contribution in [1.82, 2.24) is 25.1 Å². The second-order valence-corrected chi connectivity index (χ2v) is 8.74. The van der Waals surface area contributed by atoms with Crippen molar-refractivity contribution >= 4 is 40.0 Å². The summed E-state index contributed by atoms with van der Waals surface area (Å²) in [5, 5.41) is 21.8. The maximum absolute atomic E-state index is 15.1. The summed E-state index contributed by atoms with van der Waals surface area (Å²) in [5.41, 5.74) is 2.85. The van der Waals surface area contributed by atoms with Crippen LogP contribution in [0.25, 0.3) is 22.3 Å². The van der Waals surface area contributed by atoms with E-state index >= 15 is 8.78 Å². The minimum Gasteiger partial charge on any atom is -0.395 e. The molecule has 10 nitrogen and oxygen atoms in total. The largest absolute Gasteiger partial charge is 0.395 e. The molecular formula is C26H26F2N8O2. The third-order valence-corrected chi connectivity index (χ3v) is 6.33. The fourth-order valence-corrected chi connectivity index (χ4v) is 4.37. The Morgan fingerprint density at radius 3 is 2.74 bits per heavy atom. The van der Waals surface area contributed by atoms with E-state index < -0.39 is 11.6 Å². The van der Waals surface area contributed by atoms with Gasteiger partial charge in [-0.2, -0.15) is 5.10 Å². The van der Waals surface area contributed by atoms with Gasteiger partial charge in [-0.15, -0.1) is 0 Å². The number of aliphatic hydroxyl groups excluding tert-OH is 1. The Kier molecular flexibility index (Phi) is 7.24. The number of aromatic nitrogens is 4. The summed E-state index contributed by atoms with van der Waals surface area (Å²) in [6.45, 7) is 6.46. The molecule has 0 atom stereocenters. The number of nitrogens with one attached hydrogen (secondary N) is 3. The van der Waals surface area contributed by atoms with Crippen LogP contribution in [-0.4, -0.2) is 75.4 Å².